The van der Waals surface area contributed by atoms with Crippen LogP contribution in [0.1, 0.15) is 18.4 Å². The van der Waals surface area contributed by atoms with Gasteiger partial charge in [0.1, 0.15) is 12.4 Å². The number of nitrogens with one attached hydrogen (secondary N) is 1. The molecule has 1 amide bonds. The van der Waals surface area contributed by atoms with Gasteiger partial charge in [0.15, 0.2) is 0 Å². The van der Waals surface area contributed by atoms with Gasteiger partial charge in [-0.3, -0.25) is 14.6 Å². The molecule has 0 unspecified atom stereocenters. The van der Waals surface area contributed by atoms with E-state index in [0.717, 1.165) is 5.56 Å². The first-order valence-corrected chi connectivity index (χ1v) is 8.92. The Bertz CT molecular complexity index is 854. The number of carbonyl (C=O) groups is 2. The number of rotatable bonds is 6. The largest absolute Gasteiger partial charge is 0.487 e. The van der Waals surface area contributed by atoms with Gasteiger partial charge in [0, 0.05) is 23.6 Å². The van der Waals surface area contributed by atoms with Crippen molar-refractivity contribution in [1.29, 1.82) is 0 Å². The second-order valence-corrected chi connectivity index (χ2v) is 6.69. The highest BCUT2D eigenvalue weighted by atomic mass is 35.5. The second-order valence-electron chi connectivity index (χ2n) is 6.28. The van der Waals surface area contributed by atoms with Gasteiger partial charge in [-0.2, -0.15) is 0 Å². The summed E-state index contributed by atoms with van der Waals surface area (Å²) in [5.41, 5.74) is 1.41. The number of nitrogens with zero attached hydrogens (tertiary/aromatic N) is 1. The number of allylic oxidation sites excluding steroid dienone is 2. The van der Waals surface area contributed by atoms with Crippen LogP contribution in [0.5, 0.6) is 5.75 Å². The fraction of sp³-hybridized carbons (Fsp3) is 0.250. The van der Waals surface area contributed by atoms with E-state index < -0.39 is 17.8 Å². The van der Waals surface area contributed by atoms with Crippen LogP contribution in [0.25, 0.3) is 0 Å². The van der Waals surface area contributed by atoms with Gasteiger partial charge in [0.25, 0.3) is 0 Å². The Morgan fingerprint density at radius 3 is 2.67 bits per heavy atom. The minimum atomic E-state index is -0.961. The number of carboxylic acids is 1. The Morgan fingerprint density at radius 1 is 1.22 bits per heavy atom. The average Bonchev–Trinajstić information content (AvgIpc) is 2.68. The summed E-state index contributed by atoms with van der Waals surface area (Å²) in [5.74, 6) is -2.12. The molecule has 0 saturated heterocycles. The van der Waals surface area contributed by atoms with E-state index in [4.69, 9.17) is 16.3 Å². The zero-order valence-corrected chi connectivity index (χ0v) is 15.2. The molecule has 3 rings (SSSR count). The number of halogens is 1. The minimum absolute atomic E-state index is 0.327. The number of hydrogen-bond acceptors (Lipinski definition) is 4. The van der Waals surface area contributed by atoms with E-state index in [1.165, 1.54) is 0 Å². The van der Waals surface area contributed by atoms with Crippen LogP contribution in [0.3, 0.4) is 0 Å². The van der Waals surface area contributed by atoms with Gasteiger partial charge in [-0.1, -0.05) is 29.8 Å². The summed E-state index contributed by atoms with van der Waals surface area (Å²) < 4.78 is 5.68. The smallest absolute Gasteiger partial charge is 0.307 e. The van der Waals surface area contributed by atoms with E-state index >= 15 is 0 Å². The Balaban J connectivity index is 1.64. The molecule has 140 valence electrons. The maximum atomic E-state index is 12.5. The third kappa shape index (κ3) is 4.86. The van der Waals surface area contributed by atoms with Gasteiger partial charge in [0.05, 0.1) is 16.9 Å². The van der Waals surface area contributed by atoms with E-state index in [1.807, 2.05) is 18.2 Å². The van der Waals surface area contributed by atoms with Gasteiger partial charge in [0.2, 0.25) is 5.91 Å². The molecule has 1 heterocycles. The van der Waals surface area contributed by atoms with Crippen LogP contribution in [0.15, 0.2) is 54.9 Å². The molecule has 1 aliphatic rings. The molecule has 2 N–H and O–H groups in total. The number of pyridine rings is 1. The van der Waals surface area contributed by atoms with Gasteiger partial charge in [-0.25, -0.2) is 0 Å². The van der Waals surface area contributed by atoms with Crippen LogP contribution < -0.4 is 10.1 Å². The quantitative estimate of drug-likeness (QED) is 0.734. The summed E-state index contributed by atoms with van der Waals surface area (Å²) >= 11 is 6.25. The highest BCUT2D eigenvalue weighted by Crippen LogP contribution is 2.30. The molecule has 0 aliphatic heterocycles. The molecule has 0 bridgehead atoms. The fourth-order valence-electron chi connectivity index (χ4n) is 2.95. The summed E-state index contributed by atoms with van der Waals surface area (Å²) in [6.07, 6.45) is 7.79. The summed E-state index contributed by atoms with van der Waals surface area (Å²) in [4.78, 5) is 27.9. The van der Waals surface area contributed by atoms with E-state index in [0.29, 0.717) is 35.9 Å². The van der Waals surface area contributed by atoms with Crippen LogP contribution in [0, 0.1) is 11.8 Å². The molecule has 7 heteroatoms. The second kappa shape index (κ2) is 8.68. The predicted molar refractivity (Wildman–Crippen MR) is 102 cm³/mol. The number of carboxylic acid groups (broad SMARTS) is 1. The van der Waals surface area contributed by atoms with Gasteiger partial charge in [-0.15, -0.1) is 0 Å². The van der Waals surface area contributed by atoms with Crippen LogP contribution in [0.4, 0.5) is 5.69 Å². The Hall–Kier alpha value is -2.86. The highest BCUT2D eigenvalue weighted by molar-refractivity contribution is 6.32. The predicted octanol–water partition coefficient (Wildman–Crippen LogP) is 3.92. The SMILES string of the molecule is O=C(O)[C@@H]1CC=CC[C@H]1C(=O)Nc1ccc(OCc2cccnc2)c(Cl)c1. The number of anilines is 1. The lowest BCUT2D eigenvalue weighted by atomic mass is 9.82. The third-order valence-corrected chi connectivity index (χ3v) is 4.70. The summed E-state index contributed by atoms with van der Waals surface area (Å²) in [5, 5.41) is 12.4. The molecule has 27 heavy (non-hydrogen) atoms. The molecule has 2 atom stereocenters. The topological polar surface area (TPSA) is 88.5 Å². The van der Waals surface area contributed by atoms with Crippen LogP contribution in [-0.2, 0) is 16.2 Å². The molecule has 0 saturated carbocycles. The number of ether oxygens (including phenoxy) is 1. The first-order valence-electron chi connectivity index (χ1n) is 8.54. The van der Waals surface area contributed by atoms with Crippen molar-refractivity contribution in [3.05, 3.63) is 65.5 Å². The lowest BCUT2D eigenvalue weighted by Gasteiger charge is -2.24. The Kier molecular flexibility index (Phi) is 6.08. The molecule has 0 radical (unpaired) electrons. The number of aliphatic carboxylic acids is 1. The lowest BCUT2D eigenvalue weighted by molar-refractivity contribution is -0.146. The van der Waals surface area contributed by atoms with Crippen molar-refractivity contribution in [1.82, 2.24) is 4.98 Å². The van der Waals surface area contributed by atoms with Gasteiger partial charge >= 0.3 is 5.97 Å². The molecule has 0 fully saturated rings. The average molecular weight is 387 g/mol. The Labute approximate surface area is 161 Å². The van der Waals surface area contributed by atoms with Crippen molar-refractivity contribution in [2.24, 2.45) is 11.8 Å². The van der Waals surface area contributed by atoms with Gasteiger partial charge < -0.3 is 15.2 Å². The molecule has 0 spiro atoms. The summed E-state index contributed by atoms with van der Waals surface area (Å²) in [6, 6.07) is 8.66. The first-order chi connectivity index (χ1) is 13.0. The molecule has 1 aromatic heterocycles. The zero-order chi connectivity index (χ0) is 19.2. The molecular weight excluding hydrogens is 368 g/mol. The van der Waals surface area contributed by atoms with E-state index in [1.54, 1.807) is 36.7 Å². The normalized spacial score (nSPS) is 18.7. The van der Waals surface area contributed by atoms with Crippen LogP contribution in [-0.4, -0.2) is 22.0 Å². The van der Waals surface area contributed by atoms with Crippen molar-refractivity contribution in [2.45, 2.75) is 19.4 Å². The van der Waals surface area contributed by atoms with Crippen LogP contribution in [0.2, 0.25) is 5.02 Å². The number of amides is 1. The number of benzene rings is 1. The lowest BCUT2D eigenvalue weighted by Crippen LogP contribution is -2.34. The number of hydrogen-bond donors (Lipinski definition) is 2. The standard InChI is InChI=1S/C20H19ClN2O4/c21-17-10-14(7-8-18(17)27-12-13-4-3-9-22-11-13)23-19(24)15-5-1-2-6-16(15)20(25)26/h1-4,7-11,15-16H,5-6,12H2,(H,23,24)(H,25,26)/t15-,16-/m1/s1. The van der Waals surface area contributed by atoms with Gasteiger partial charge in [-0.05, 0) is 37.1 Å². The van der Waals surface area contributed by atoms with Crippen molar-refractivity contribution >= 4 is 29.2 Å². The summed E-state index contributed by atoms with van der Waals surface area (Å²) in [7, 11) is 0. The maximum absolute atomic E-state index is 12.5. The maximum Gasteiger partial charge on any atom is 0.307 e. The van der Waals surface area contributed by atoms with Crippen molar-refractivity contribution in [3.63, 3.8) is 0 Å². The van der Waals surface area contributed by atoms with Crippen molar-refractivity contribution in [3.8, 4) is 5.75 Å². The molecule has 1 aromatic carbocycles. The molecule has 2 aromatic rings. The highest BCUT2D eigenvalue weighted by Gasteiger charge is 2.33. The monoisotopic (exact) mass is 386 g/mol. The molecular formula is C20H19ClN2O4. The summed E-state index contributed by atoms with van der Waals surface area (Å²) in [6.45, 7) is 0.327. The van der Waals surface area contributed by atoms with E-state index in [2.05, 4.69) is 10.3 Å². The first kappa shape index (κ1) is 18.9. The molecule has 1 aliphatic carbocycles. The van der Waals surface area contributed by atoms with Crippen LogP contribution >= 0.6 is 11.6 Å². The third-order valence-electron chi connectivity index (χ3n) is 4.40. The van der Waals surface area contributed by atoms with E-state index in [9.17, 15) is 14.7 Å². The zero-order valence-electron chi connectivity index (χ0n) is 14.5. The fourth-order valence-corrected chi connectivity index (χ4v) is 3.19. The number of carbonyl (C=O) groups excluding carboxylic acids is 1. The number of aromatic nitrogens is 1. The minimum Gasteiger partial charge on any atom is -0.487 e. The molecule has 6 nitrogen and oxygen atoms in total. The Morgan fingerprint density at radius 2 is 2.00 bits per heavy atom. The van der Waals surface area contributed by atoms with E-state index in [-0.39, 0.29) is 5.91 Å². The van der Waals surface area contributed by atoms with Crippen molar-refractivity contribution in [2.75, 3.05) is 5.32 Å². The van der Waals surface area contributed by atoms with Crippen molar-refractivity contribution < 1.29 is 19.4 Å².